The highest BCUT2D eigenvalue weighted by Crippen LogP contribution is 2.32. The zero-order valence-electron chi connectivity index (χ0n) is 11.7. The van der Waals surface area contributed by atoms with Gasteiger partial charge >= 0.3 is 5.97 Å². The Labute approximate surface area is 104 Å². The van der Waals surface area contributed by atoms with E-state index in [1.807, 2.05) is 0 Å². The summed E-state index contributed by atoms with van der Waals surface area (Å²) in [4.78, 5) is 10.7. The molecule has 0 radical (unpaired) electrons. The fourth-order valence-electron chi connectivity index (χ4n) is 1.71. The Morgan fingerprint density at radius 3 is 2.24 bits per heavy atom. The van der Waals surface area contributed by atoms with Gasteiger partial charge in [-0.15, -0.1) is 0 Å². The molecule has 2 atom stereocenters. The Hall–Kier alpha value is -0.610. The molecule has 0 aromatic carbocycles. The summed E-state index contributed by atoms with van der Waals surface area (Å²) in [6, 6.07) is 0. The number of aliphatic hydroxyl groups excluding tert-OH is 1. The minimum absolute atomic E-state index is 0.00263. The first-order chi connectivity index (χ1) is 7.88. The molecule has 102 valence electrons. The van der Waals surface area contributed by atoms with Gasteiger partial charge in [0.1, 0.15) is 12.7 Å². The first-order valence-corrected chi connectivity index (χ1v) is 6.22. The molecular weight excluding hydrogens is 220 g/mol. The lowest BCUT2D eigenvalue weighted by atomic mass is 9.78. The van der Waals surface area contributed by atoms with E-state index in [9.17, 15) is 9.90 Å². The lowest BCUT2D eigenvalue weighted by molar-refractivity contribution is -0.147. The van der Waals surface area contributed by atoms with Gasteiger partial charge in [0.2, 0.25) is 0 Å². The molecule has 0 aliphatic carbocycles. The summed E-state index contributed by atoms with van der Waals surface area (Å²) < 4.78 is 10.1. The molecule has 0 amide bonds. The number of aliphatic hydroxyl groups is 1. The molecule has 0 heterocycles. The molecule has 4 nitrogen and oxygen atoms in total. The predicted molar refractivity (Wildman–Crippen MR) is 66.7 cm³/mol. The maximum Gasteiger partial charge on any atom is 0.302 e. The molecule has 0 saturated carbocycles. The van der Waals surface area contributed by atoms with Gasteiger partial charge < -0.3 is 14.6 Å². The Morgan fingerprint density at radius 1 is 1.35 bits per heavy atom. The first kappa shape index (κ1) is 16.4. The number of hydrogen-bond donors (Lipinski definition) is 1. The van der Waals surface area contributed by atoms with Crippen LogP contribution in [0.2, 0.25) is 0 Å². The Kier molecular flexibility index (Phi) is 7.39. The van der Waals surface area contributed by atoms with Gasteiger partial charge in [-0.3, -0.25) is 4.79 Å². The van der Waals surface area contributed by atoms with E-state index in [2.05, 4.69) is 20.8 Å². The second kappa shape index (κ2) is 7.67. The van der Waals surface area contributed by atoms with Crippen LogP contribution in [0, 0.1) is 5.41 Å². The van der Waals surface area contributed by atoms with Crippen LogP contribution >= 0.6 is 0 Å². The van der Waals surface area contributed by atoms with E-state index in [0.29, 0.717) is 0 Å². The van der Waals surface area contributed by atoms with Gasteiger partial charge in [-0.05, 0) is 11.8 Å². The third-order valence-electron chi connectivity index (χ3n) is 3.59. The minimum atomic E-state index is -0.763. The second-order valence-corrected chi connectivity index (χ2v) is 4.87. The summed E-state index contributed by atoms with van der Waals surface area (Å²) in [6.07, 6.45) is 1.77. The smallest absolute Gasteiger partial charge is 0.302 e. The van der Waals surface area contributed by atoms with Gasteiger partial charge in [-0.25, -0.2) is 0 Å². The van der Waals surface area contributed by atoms with Crippen LogP contribution in [-0.4, -0.2) is 37.0 Å². The monoisotopic (exact) mass is 246 g/mol. The summed E-state index contributed by atoms with van der Waals surface area (Å²) in [5.74, 6) is -0.382. The Balaban J connectivity index is 4.35. The van der Waals surface area contributed by atoms with Crippen molar-refractivity contribution in [1.29, 1.82) is 0 Å². The third kappa shape index (κ3) is 6.03. The molecule has 0 saturated heterocycles. The molecule has 0 aliphatic heterocycles. The molecule has 0 bridgehead atoms. The van der Waals surface area contributed by atoms with E-state index >= 15 is 0 Å². The molecule has 0 aromatic rings. The maximum absolute atomic E-state index is 10.7. The Morgan fingerprint density at radius 2 is 1.88 bits per heavy atom. The summed E-state index contributed by atoms with van der Waals surface area (Å²) in [5, 5.41) is 9.91. The quantitative estimate of drug-likeness (QED) is 0.667. The highest BCUT2D eigenvalue weighted by Gasteiger charge is 2.29. The van der Waals surface area contributed by atoms with Crippen molar-refractivity contribution in [2.24, 2.45) is 5.41 Å². The Bertz CT molecular complexity index is 223. The molecule has 17 heavy (non-hydrogen) atoms. The van der Waals surface area contributed by atoms with E-state index in [1.165, 1.54) is 6.92 Å². The van der Waals surface area contributed by atoms with Crippen molar-refractivity contribution in [2.75, 3.05) is 13.7 Å². The van der Waals surface area contributed by atoms with Crippen LogP contribution in [0.5, 0.6) is 0 Å². The van der Waals surface area contributed by atoms with Gasteiger partial charge in [0, 0.05) is 14.0 Å². The SMILES string of the molecule is CCC(C)(CC)CC(OC)C(O)COC(C)=O. The number of esters is 1. The topological polar surface area (TPSA) is 55.8 Å². The maximum atomic E-state index is 10.7. The summed E-state index contributed by atoms with van der Waals surface area (Å²) in [7, 11) is 1.58. The molecule has 0 fully saturated rings. The number of carbonyl (C=O) groups excluding carboxylic acids is 1. The minimum Gasteiger partial charge on any atom is -0.463 e. The normalized spacial score (nSPS) is 15.4. The summed E-state index contributed by atoms with van der Waals surface area (Å²) >= 11 is 0. The van der Waals surface area contributed by atoms with Gasteiger partial charge in [0.15, 0.2) is 0 Å². The molecule has 0 rings (SSSR count). The van der Waals surface area contributed by atoms with Crippen molar-refractivity contribution in [2.45, 2.75) is 59.2 Å². The van der Waals surface area contributed by atoms with Crippen molar-refractivity contribution < 1.29 is 19.4 Å². The highest BCUT2D eigenvalue weighted by atomic mass is 16.5. The van der Waals surface area contributed by atoms with Crippen molar-refractivity contribution >= 4 is 5.97 Å². The van der Waals surface area contributed by atoms with Gasteiger partial charge in [-0.2, -0.15) is 0 Å². The largest absolute Gasteiger partial charge is 0.463 e. The fraction of sp³-hybridized carbons (Fsp3) is 0.923. The van der Waals surface area contributed by atoms with E-state index < -0.39 is 6.10 Å². The van der Waals surface area contributed by atoms with Crippen LogP contribution in [0.3, 0.4) is 0 Å². The molecular formula is C13H26O4. The third-order valence-corrected chi connectivity index (χ3v) is 3.59. The van der Waals surface area contributed by atoms with Crippen LogP contribution in [0.4, 0.5) is 0 Å². The predicted octanol–water partition coefficient (Wildman–Crippen LogP) is 2.14. The average molecular weight is 246 g/mol. The number of rotatable bonds is 8. The number of methoxy groups -OCH3 is 1. The van der Waals surface area contributed by atoms with Gasteiger partial charge in [0.25, 0.3) is 0 Å². The second-order valence-electron chi connectivity index (χ2n) is 4.87. The van der Waals surface area contributed by atoms with E-state index in [1.54, 1.807) is 7.11 Å². The van der Waals surface area contributed by atoms with Crippen LogP contribution < -0.4 is 0 Å². The fourth-order valence-corrected chi connectivity index (χ4v) is 1.71. The van der Waals surface area contributed by atoms with Crippen molar-refractivity contribution in [3.63, 3.8) is 0 Å². The molecule has 2 unspecified atom stereocenters. The van der Waals surface area contributed by atoms with Gasteiger partial charge in [-0.1, -0.05) is 33.6 Å². The number of carbonyl (C=O) groups is 1. The lowest BCUT2D eigenvalue weighted by Crippen LogP contribution is -2.37. The van der Waals surface area contributed by atoms with E-state index in [0.717, 1.165) is 19.3 Å². The van der Waals surface area contributed by atoms with Crippen LogP contribution in [0.25, 0.3) is 0 Å². The number of hydrogen-bond acceptors (Lipinski definition) is 4. The zero-order chi connectivity index (χ0) is 13.5. The molecule has 0 aliphatic rings. The van der Waals surface area contributed by atoms with E-state index in [-0.39, 0.29) is 24.1 Å². The van der Waals surface area contributed by atoms with Crippen molar-refractivity contribution in [3.8, 4) is 0 Å². The molecule has 0 spiro atoms. The summed E-state index contributed by atoms with van der Waals surface area (Å²) in [5.41, 5.74) is 0.151. The first-order valence-electron chi connectivity index (χ1n) is 6.22. The van der Waals surface area contributed by atoms with Gasteiger partial charge in [0.05, 0.1) is 6.10 Å². The van der Waals surface area contributed by atoms with E-state index in [4.69, 9.17) is 9.47 Å². The lowest BCUT2D eigenvalue weighted by Gasteiger charge is -2.32. The molecule has 0 aromatic heterocycles. The van der Waals surface area contributed by atoms with Crippen LogP contribution in [0.1, 0.15) is 47.0 Å². The number of ether oxygens (including phenoxy) is 2. The standard InChI is InChI=1S/C13H26O4/c1-6-13(4,7-2)8-12(16-5)11(15)9-17-10(3)14/h11-12,15H,6-9H2,1-5H3. The van der Waals surface area contributed by atoms with Crippen LogP contribution in [0.15, 0.2) is 0 Å². The highest BCUT2D eigenvalue weighted by molar-refractivity contribution is 5.65. The summed E-state index contributed by atoms with van der Waals surface area (Å²) in [6.45, 7) is 7.77. The molecule has 1 N–H and O–H groups in total. The van der Waals surface area contributed by atoms with Crippen LogP contribution in [-0.2, 0) is 14.3 Å². The van der Waals surface area contributed by atoms with Crippen molar-refractivity contribution in [3.05, 3.63) is 0 Å². The average Bonchev–Trinajstić information content (AvgIpc) is 2.32. The zero-order valence-corrected chi connectivity index (χ0v) is 11.7. The molecule has 4 heteroatoms. The van der Waals surface area contributed by atoms with Crippen molar-refractivity contribution in [1.82, 2.24) is 0 Å².